The lowest BCUT2D eigenvalue weighted by Crippen LogP contribution is -2.25. The smallest absolute Gasteiger partial charge is 0.393 e. The molecule has 0 fully saturated rings. The van der Waals surface area contributed by atoms with E-state index in [1.54, 1.807) is 13.0 Å². The summed E-state index contributed by atoms with van der Waals surface area (Å²) in [5, 5.41) is 0. The fourth-order valence-corrected chi connectivity index (χ4v) is 1.75. The maximum atomic E-state index is 13.8. The number of rotatable bonds is 3. The van der Waals surface area contributed by atoms with Gasteiger partial charge in [-0.15, -0.1) is 0 Å². The normalized spacial score (nSPS) is 11.4. The molecule has 2 aromatic carbocycles. The van der Waals surface area contributed by atoms with E-state index >= 15 is 0 Å². The first-order chi connectivity index (χ1) is 10.2. The van der Waals surface area contributed by atoms with E-state index in [2.05, 4.69) is 4.74 Å². The van der Waals surface area contributed by atoms with Crippen LogP contribution < -0.4 is 0 Å². The summed E-state index contributed by atoms with van der Waals surface area (Å²) in [7, 11) is 0. The number of carbonyl (C=O) groups excluding carboxylic acids is 1. The largest absolute Gasteiger partial charge is 0.431 e. The van der Waals surface area contributed by atoms with Crippen molar-refractivity contribution >= 4 is 5.97 Å². The Morgan fingerprint density at radius 3 is 2.36 bits per heavy atom. The van der Waals surface area contributed by atoms with Crippen molar-refractivity contribution in [2.75, 3.05) is 0 Å². The fourth-order valence-electron chi connectivity index (χ4n) is 1.75. The second-order valence-corrected chi connectivity index (χ2v) is 4.50. The van der Waals surface area contributed by atoms with Crippen molar-refractivity contribution in [3.05, 3.63) is 70.5 Å². The van der Waals surface area contributed by atoms with Gasteiger partial charge in [-0.2, -0.15) is 8.78 Å². The molecule has 0 aliphatic heterocycles. The number of carbonyl (C=O) groups is 1. The molecule has 2 aromatic rings. The molecular weight excluding hydrogens is 307 g/mol. The molecule has 0 aromatic heterocycles. The molecule has 2 nitrogen and oxygen atoms in total. The van der Waals surface area contributed by atoms with Crippen LogP contribution in [0.25, 0.3) is 0 Å². The predicted octanol–water partition coefficient (Wildman–Crippen LogP) is 4.32. The molecule has 116 valence electrons. The number of alkyl halides is 2. The van der Waals surface area contributed by atoms with Crippen LogP contribution in [0.3, 0.4) is 0 Å². The first-order valence-corrected chi connectivity index (χ1v) is 6.04. The summed E-state index contributed by atoms with van der Waals surface area (Å²) in [6, 6.07) is 6.23. The Balaban J connectivity index is 2.32. The zero-order chi connectivity index (χ0) is 16.5. The second-order valence-electron chi connectivity index (χ2n) is 4.50. The van der Waals surface area contributed by atoms with Gasteiger partial charge in [0.05, 0.1) is 5.56 Å². The van der Waals surface area contributed by atoms with Crippen molar-refractivity contribution in [1.29, 1.82) is 0 Å². The van der Waals surface area contributed by atoms with E-state index in [0.29, 0.717) is 17.7 Å². The summed E-state index contributed by atoms with van der Waals surface area (Å²) in [6.45, 7) is 1.63. The summed E-state index contributed by atoms with van der Waals surface area (Å²) in [5.74, 6) is -7.22. The number of hydrogen-bond donors (Lipinski definition) is 0. The highest BCUT2D eigenvalue weighted by atomic mass is 19.3. The third kappa shape index (κ3) is 3.08. The summed E-state index contributed by atoms with van der Waals surface area (Å²) < 4.78 is 70.7. The average Bonchev–Trinajstić information content (AvgIpc) is 2.44. The van der Waals surface area contributed by atoms with Crippen LogP contribution in [0.1, 0.15) is 21.5 Å². The highest BCUT2D eigenvalue weighted by molar-refractivity contribution is 5.89. The van der Waals surface area contributed by atoms with Crippen molar-refractivity contribution < 1.29 is 31.5 Å². The maximum absolute atomic E-state index is 13.8. The van der Waals surface area contributed by atoms with Gasteiger partial charge in [0.25, 0.3) is 0 Å². The SMILES string of the molecule is Cc1cccc(C(=O)OC(F)(F)c2ccc(F)c(F)c2F)c1. The van der Waals surface area contributed by atoms with Gasteiger partial charge >= 0.3 is 12.1 Å². The molecule has 7 heteroatoms. The van der Waals surface area contributed by atoms with Crippen LogP contribution in [-0.2, 0) is 10.8 Å². The van der Waals surface area contributed by atoms with Gasteiger partial charge in [0, 0.05) is 0 Å². The van der Waals surface area contributed by atoms with E-state index < -0.39 is 35.1 Å². The van der Waals surface area contributed by atoms with Gasteiger partial charge in [-0.1, -0.05) is 17.7 Å². The van der Waals surface area contributed by atoms with Gasteiger partial charge in [-0.25, -0.2) is 18.0 Å². The Kier molecular flexibility index (Phi) is 4.16. The first kappa shape index (κ1) is 15.9. The molecule has 0 bridgehead atoms. The first-order valence-electron chi connectivity index (χ1n) is 6.04. The molecule has 0 N–H and O–H groups in total. The maximum Gasteiger partial charge on any atom is 0.431 e. The molecule has 0 atom stereocenters. The minimum atomic E-state index is -4.44. The third-order valence-corrected chi connectivity index (χ3v) is 2.82. The summed E-state index contributed by atoms with van der Waals surface area (Å²) in [4.78, 5) is 11.7. The van der Waals surface area contributed by atoms with Crippen molar-refractivity contribution in [3.8, 4) is 0 Å². The quantitative estimate of drug-likeness (QED) is 0.479. The lowest BCUT2D eigenvalue weighted by Gasteiger charge is -2.18. The van der Waals surface area contributed by atoms with Gasteiger partial charge in [-0.05, 0) is 31.2 Å². The molecule has 0 aliphatic rings. The fraction of sp³-hybridized carbons (Fsp3) is 0.133. The number of aryl methyl sites for hydroxylation is 1. The molecular formula is C15H9F5O2. The molecule has 22 heavy (non-hydrogen) atoms. The van der Waals surface area contributed by atoms with Crippen molar-refractivity contribution in [3.63, 3.8) is 0 Å². The molecule has 0 radical (unpaired) electrons. The molecule has 0 aliphatic carbocycles. The highest BCUT2D eigenvalue weighted by Crippen LogP contribution is 2.33. The number of esters is 1. The molecule has 0 saturated heterocycles. The number of ether oxygens (including phenoxy) is 1. The summed E-state index contributed by atoms with van der Waals surface area (Å²) in [5.41, 5.74) is -1.12. The van der Waals surface area contributed by atoms with Gasteiger partial charge in [0.15, 0.2) is 17.5 Å². The van der Waals surface area contributed by atoms with E-state index in [9.17, 15) is 26.7 Å². The minimum Gasteiger partial charge on any atom is -0.393 e. The monoisotopic (exact) mass is 316 g/mol. The van der Waals surface area contributed by atoms with Crippen LogP contribution in [0, 0.1) is 24.4 Å². The van der Waals surface area contributed by atoms with Crippen LogP contribution in [0.4, 0.5) is 22.0 Å². The summed E-state index contributed by atoms with van der Waals surface area (Å²) >= 11 is 0. The minimum absolute atomic E-state index is 0.178. The average molecular weight is 316 g/mol. The molecule has 0 unspecified atom stereocenters. The van der Waals surface area contributed by atoms with Crippen molar-refractivity contribution in [2.45, 2.75) is 13.0 Å². The van der Waals surface area contributed by atoms with Crippen LogP contribution >= 0.6 is 0 Å². The van der Waals surface area contributed by atoms with Crippen molar-refractivity contribution in [1.82, 2.24) is 0 Å². The molecule has 0 heterocycles. The zero-order valence-electron chi connectivity index (χ0n) is 11.2. The Morgan fingerprint density at radius 2 is 1.73 bits per heavy atom. The standard InChI is InChI=1S/C15H9F5O2/c1-8-3-2-4-9(7-8)14(21)22-15(19,20)10-5-6-11(16)13(18)12(10)17/h2-7H,1H3. The van der Waals surface area contributed by atoms with Crippen LogP contribution in [-0.4, -0.2) is 5.97 Å². The third-order valence-electron chi connectivity index (χ3n) is 2.82. The lowest BCUT2D eigenvalue weighted by atomic mass is 10.1. The van der Waals surface area contributed by atoms with Crippen molar-refractivity contribution in [2.24, 2.45) is 0 Å². The van der Waals surface area contributed by atoms with E-state index in [1.807, 2.05) is 0 Å². The predicted molar refractivity (Wildman–Crippen MR) is 66.8 cm³/mol. The van der Waals surface area contributed by atoms with E-state index in [4.69, 9.17) is 0 Å². The van der Waals surface area contributed by atoms with Crippen LogP contribution in [0.5, 0.6) is 0 Å². The van der Waals surface area contributed by atoms with E-state index in [1.165, 1.54) is 18.2 Å². The molecule has 0 saturated carbocycles. The lowest BCUT2D eigenvalue weighted by molar-refractivity contribution is -0.211. The molecule has 2 rings (SSSR count). The highest BCUT2D eigenvalue weighted by Gasteiger charge is 2.41. The Bertz CT molecular complexity index is 728. The zero-order valence-corrected chi connectivity index (χ0v) is 11.2. The second kappa shape index (κ2) is 5.75. The molecule has 0 amide bonds. The van der Waals surface area contributed by atoms with Crippen LogP contribution in [0.2, 0.25) is 0 Å². The Morgan fingerprint density at radius 1 is 1.05 bits per heavy atom. The van der Waals surface area contributed by atoms with E-state index in [-0.39, 0.29) is 5.56 Å². The number of halogens is 5. The van der Waals surface area contributed by atoms with E-state index in [0.717, 1.165) is 0 Å². The van der Waals surface area contributed by atoms with Gasteiger partial charge in [0.2, 0.25) is 0 Å². The van der Waals surface area contributed by atoms with Gasteiger partial charge < -0.3 is 4.74 Å². The van der Waals surface area contributed by atoms with Gasteiger partial charge in [0.1, 0.15) is 5.56 Å². The van der Waals surface area contributed by atoms with Crippen LogP contribution in [0.15, 0.2) is 36.4 Å². The van der Waals surface area contributed by atoms with Gasteiger partial charge in [-0.3, -0.25) is 0 Å². The number of hydrogen-bond acceptors (Lipinski definition) is 2. The molecule has 0 spiro atoms. The number of benzene rings is 2. The summed E-state index contributed by atoms with van der Waals surface area (Å²) in [6.07, 6.45) is -4.44. The topological polar surface area (TPSA) is 26.3 Å². The Labute approximate surface area is 122 Å². The Hall–Kier alpha value is -2.44.